The summed E-state index contributed by atoms with van der Waals surface area (Å²) in [6.45, 7) is 5.46. The molecule has 0 radical (unpaired) electrons. The highest BCUT2D eigenvalue weighted by Gasteiger charge is 2.28. The first-order chi connectivity index (χ1) is 16.2. The van der Waals surface area contributed by atoms with Crippen LogP contribution in [0.15, 0.2) is 53.4 Å². The first kappa shape index (κ1) is 26.2. The van der Waals surface area contributed by atoms with Crippen LogP contribution in [0.5, 0.6) is 0 Å². The molecule has 1 N–H and O–H groups in total. The Bertz CT molecular complexity index is 1080. The molecule has 1 aliphatic heterocycles. The highest BCUT2D eigenvalue weighted by Crippen LogP contribution is 2.22. The van der Waals surface area contributed by atoms with Gasteiger partial charge in [0.2, 0.25) is 21.8 Å². The Morgan fingerprint density at radius 3 is 2.21 bits per heavy atom. The minimum atomic E-state index is -3.46. The summed E-state index contributed by atoms with van der Waals surface area (Å²) in [6, 6.07) is 13.3. The summed E-state index contributed by atoms with van der Waals surface area (Å²) in [5.41, 5.74) is 1.75. The first-order valence-corrected chi connectivity index (χ1v) is 13.4. The Hall–Kier alpha value is -2.42. The van der Waals surface area contributed by atoms with Crippen molar-refractivity contribution in [1.82, 2.24) is 14.5 Å². The molecular formula is C25H32ClN3O4S. The number of aryl methyl sites for hydroxylation is 1. The molecule has 3 rings (SSSR count). The number of carbonyl (C=O) groups excluding carboxylic acids is 2. The number of sulfonamides is 1. The summed E-state index contributed by atoms with van der Waals surface area (Å²) in [5, 5.41) is 3.38. The van der Waals surface area contributed by atoms with Crippen LogP contribution in [0.1, 0.15) is 44.2 Å². The topological polar surface area (TPSA) is 86.8 Å². The van der Waals surface area contributed by atoms with Crippen molar-refractivity contribution in [3.63, 3.8) is 0 Å². The van der Waals surface area contributed by atoms with Crippen molar-refractivity contribution >= 4 is 33.4 Å². The normalized spacial score (nSPS) is 15.1. The predicted octanol–water partition coefficient (Wildman–Crippen LogP) is 3.61. The van der Waals surface area contributed by atoms with Crippen molar-refractivity contribution in [2.75, 3.05) is 19.6 Å². The van der Waals surface area contributed by atoms with E-state index in [9.17, 15) is 18.0 Å². The van der Waals surface area contributed by atoms with Crippen LogP contribution < -0.4 is 5.32 Å². The Balaban J connectivity index is 1.68. The standard InChI is InChI=1S/C25H32ClN3O4S/c1-3-27-25(31)19(2)29(18-21-6-11-22(26)12-7-21)24(30)15-10-20-8-13-23(14-9-20)34(32,33)28-16-4-5-17-28/h6-9,11-14,19H,3-5,10,15-18H2,1-2H3,(H,27,31)/t19-/m1/s1. The van der Waals surface area contributed by atoms with Gasteiger partial charge in [-0.3, -0.25) is 9.59 Å². The molecule has 1 aliphatic rings. The molecule has 0 saturated carbocycles. The van der Waals surface area contributed by atoms with E-state index in [1.165, 1.54) is 4.31 Å². The van der Waals surface area contributed by atoms with E-state index >= 15 is 0 Å². The van der Waals surface area contributed by atoms with Crippen molar-refractivity contribution in [2.45, 2.75) is 57.0 Å². The van der Waals surface area contributed by atoms with Gasteiger partial charge in [0.1, 0.15) is 6.04 Å². The molecule has 34 heavy (non-hydrogen) atoms. The highest BCUT2D eigenvalue weighted by atomic mass is 35.5. The molecule has 1 fully saturated rings. The Morgan fingerprint density at radius 1 is 1.03 bits per heavy atom. The van der Waals surface area contributed by atoms with Gasteiger partial charge in [-0.1, -0.05) is 35.9 Å². The maximum Gasteiger partial charge on any atom is 0.243 e. The third-order valence-corrected chi connectivity index (χ3v) is 8.20. The monoisotopic (exact) mass is 505 g/mol. The fraction of sp³-hybridized carbons (Fsp3) is 0.440. The van der Waals surface area contributed by atoms with Gasteiger partial charge < -0.3 is 10.2 Å². The van der Waals surface area contributed by atoms with Crippen molar-refractivity contribution in [2.24, 2.45) is 0 Å². The number of carbonyl (C=O) groups is 2. The fourth-order valence-corrected chi connectivity index (χ4v) is 5.63. The second-order valence-electron chi connectivity index (χ2n) is 8.47. The van der Waals surface area contributed by atoms with E-state index in [1.807, 2.05) is 19.1 Å². The molecule has 0 unspecified atom stereocenters. The molecule has 2 aromatic rings. The summed E-state index contributed by atoms with van der Waals surface area (Å²) in [7, 11) is -3.46. The molecule has 2 aromatic carbocycles. The maximum absolute atomic E-state index is 13.2. The molecular weight excluding hydrogens is 474 g/mol. The number of hydrogen-bond acceptors (Lipinski definition) is 4. The lowest BCUT2D eigenvalue weighted by molar-refractivity contribution is -0.140. The van der Waals surface area contributed by atoms with Crippen LogP contribution in [-0.4, -0.2) is 55.1 Å². The van der Waals surface area contributed by atoms with Crippen LogP contribution in [0.2, 0.25) is 5.02 Å². The van der Waals surface area contributed by atoms with Crippen LogP contribution >= 0.6 is 11.6 Å². The van der Waals surface area contributed by atoms with E-state index < -0.39 is 16.1 Å². The van der Waals surface area contributed by atoms with Crippen LogP contribution in [0.3, 0.4) is 0 Å². The molecule has 0 bridgehead atoms. The number of benzene rings is 2. The maximum atomic E-state index is 13.2. The number of likely N-dealkylation sites (N-methyl/N-ethyl adjacent to an activating group) is 1. The van der Waals surface area contributed by atoms with Gasteiger partial charge in [0.05, 0.1) is 4.90 Å². The molecule has 9 heteroatoms. The van der Waals surface area contributed by atoms with Crippen LogP contribution in [0, 0.1) is 0 Å². The SMILES string of the molecule is CCNC(=O)[C@@H](C)N(Cc1ccc(Cl)cc1)C(=O)CCc1ccc(S(=O)(=O)N2CCCC2)cc1. The Morgan fingerprint density at radius 2 is 1.62 bits per heavy atom. The molecule has 0 aliphatic carbocycles. The van der Waals surface area contributed by atoms with Gasteiger partial charge in [-0.2, -0.15) is 4.31 Å². The summed E-state index contributed by atoms with van der Waals surface area (Å²) in [6.07, 6.45) is 2.43. The van der Waals surface area contributed by atoms with E-state index in [4.69, 9.17) is 11.6 Å². The van der Waals surface area contributed by atoms with Gasteiger partial charge in [-0.25, -0.2) is 8.42 Å². The van der Waals surface area contributed by atoms with E-state index in [2.05, 4.69) is 5.32 Å². The largest absolute Gasteiger partial charge is 0.355 e. The number of amides is 2. The Labute approximate surface area is 207 Å². The average Bonchev–Trinajstić information content (AvgIpc) is 3.38. The van der Waals surface area contributed by atoms with Crippen LogP contribution in [0.25, 0.3) is 0 Å². The van der Waals surface area contributed by atoms with Crippen molar-refractivity contribution in [3.05, 3.63) is 64.7 Å². The van der Waals surface area contributed by atoms with Gasteiger partial charge in [-0.15, -0.1) is 0 Å². The van der Waals surface area contributed by atoms with E-state index in [0.717, 1.165) is 24.0 Å². The predicted molar refractivity (Wildman–Crippen MR) is 133 cm³/mol. The molecule has 0 spiro atoms. The zero-order valence-electron chi connectivity index (χ0n) is 19.7. The third kappa shape index (κ3) is 6.58. The van der Waals surface area contributed by atoms with E-state index in [1.54, 1.807) is 48.2 Å². The number of hydrogen-bond donors (Lipinski definition) is 1. The zero-order valence-corrected chi connectivity index (χ0v) is 21.2. The smallest absolute Gasteiger partial charge is 0.243 e. The molecule has 7 nitrogen and oxygen atoms in total. The summed E-state index contributed by atoms with van der Waals surface area (Å²) < 4.78 is 26.9. The fourth-order valence-electron chi connectivity index (χ4n) is 3.99. The number of nitrogens with zero attached hydrogens (tertiary/aromatic N) is 2. The minimum Gasteiger partial charge on any atom is -0.355 e. The number of halogens is 1. The minimum absolute atomic E-state index is 0.150. The molecule has 184 valence electrons. The van der Waals surface area contributed by atoms with Crippen LogP contribution in [-0.2, 0) is 32.6 Å². The third-order valence-electron chi connectivity index (χ3n) is 6.04. The molecule has 1 atom stereocenters. The molecule has 2 amide bonds. The zero-order chi connectivity index (χ0) is 24.7. The lowest BCUT2D eigenvalue weighted by Crippen LogP contribution is -2.47. The van der Waals surface area contributed by atoms with Crippen molar-refractivity contribution in [1.29, 1.82) is 0 Å². The average molecular weight is 506 g/mol. The van der Waals surface area contributed by atoms with Gasteiger partial charge >= 0.3 is 0 Å². The summed E-state index contributed by atoms with van der Waals surface area (Å²) >= 11 is 5.97. The first-order valence-electron chi connectivity index (χ1n) is 11.6. The van der Waals surface area contributed by atoms with E-state index in [-0.39, 0.29) is 23.1 Å². The van der Waals surface area contributed by atoms with E-state index in [0.29, 0.717) is 37.6 Å². The van der Waals surface area contributed by atoms with Gasteiger partial charge in [-0.05, 0) is 68.5 Å². The van der Waals surface area contributed by atoms with Crippen LogP contribution in [0.4, 0.5) is 0 Å². The second kappa shape index (κ2) is 11.8. The highest BCUT2D eigenvalue weighted by molar-refractivity contribution is 7.89. The molecule has 1 saturated heterocycles. The van der Waals surface area contributed by atoms with Crippen molar-refractivity contribution < 1.29 is 18.0 Å². The molecule has 0 aromatic heterocycles. The van der Waals surface area contributed by atoms with Gasteiger partial charge in [0.25, 0.3) is 0 Å². The lowest BCUT2D eigenvalue weighted by atomic mass is 10.1. The second-order valence-corrected chi connectivity index (χ2v) is 10.8. The van der Waals surface area contributed by atoms with Gasteiger partial charge in [0, 0.05) is 37.6 Å². The summed E-state index contributed by atoms with van der Waals surface area (Å²) in [4.78, 5) is 27.5. The lowest BCUT2D eigenvalue weighted by Gasteiger charge is -2.29. The Kier molecular flexibility index (Phi) is 9.10. The number of rotatable bonds is 10. The molecule has 1 heterocycles. The van der Waals surface area contributed by atoms with Gasteiger partial charge in [0.15, 0.2) is 0 Å². The summed E-state index contributed by atoms with van der Waals surface area (Å²) in [5.74, 6) is -0.358. The van der Waals surface area contributed by atoms with Crippen molar-refractivity contribution in [3.8, 4) is 0 Å². The quantitative estimate of drug-likeness (QED) is 0.534. The number of nitrogens with one attached hydrogen (secondary N) is 1.